The Labute approximate surface area is 111 Å². The minimum Gasteiger partial charge on any atom is -0.479 e. The van der Waals surface area contributed by atoms with Crippen LogP contribution in [-0.4, -0.2) is 55.2 Å². The van der Waals surface area contributed by atoms with E-state index in [1.165, 1.54) is 0 Å². The van der Waals surface area contributed by atoms with E-state index in [9.17, 15) is 18.0 Å². The number of hydrogen-bond donors (Lipinski definition) is 2. The summed E-state index contributed by atoms with van der Waals surface area (Å²) in [5.41, 5.74) is 0. The predicted molar refractivity (Wildman–Crippen MR) is 65.3 cm³/mol. The SMILES string of the molecule is O=C(O)C1CCC(C(=O)NCC2CCCS2(=O)=O)O1. The smallest absolute Gasteiger partial charge is 0.332 e. The Morgan fingerprint density at radius 3 is 2.42 bits per heavy atom. The van der Waals surface area contributed by atoms with Crippen molar-refractivity contribution in [2.45, 2.75) is 43.1 Å². The van der Waals surface area contributed by atoms with Crippen molar-refractivity contribution in [3.63, 3.8) is 0 Å². The van der Waals surface area contributed by atoms with Gasteiger partial charge in [0.25, 0.3) is 0 Å². The van der Waals surface area contributed by atoms with Crippen LogP contribution < -0.4 is 5.32 Å². The number of nitrogens with one attached hydrogen (secondary N) is 1. The van der Waals surface area contributed by atoms with Crippen LogP contribution >= 0.6 is 0 Å². The lowest BCUT2D eigenvalue weighted by molar-refractivity contribution is -0.151. The standard InChI is InChI=1S/C11H17NO6S/c13-10(8-3-4-9(18-8)11(14)15)12-6-7-2-1-5-19(7,16)17/h7-9H,1-6H2,(H,12,13)(H,14,15). The van der Waals surface area contributed by atoms with E-state index >= 15 is 0 Å². The highest BCUT2D eigenvalue weighted by molar-refractivity contribution is 7.92. The second-order valence-corrected chi connectivity index (χ2v) is 7.31. The lowest BCUT2D eigenvalue weighted by Crippen LogP contribution is -2.40. The van der Waals surface area contributed by atoms with Gasteiger partial charge < -0.3 is 15.2 Å². The second-order valence-electron chi connectivity index (χ2n) is 4.91. The van der Waals surface area contributed by atoms with E-state index < -0.39 is 39.2 Å². The Balaban J connectivity index is 1.81. The molecule has 0 saturated carbocycles. The number of carbonyl (C=O) groups excluding carboxylic acids is 1. The van der Waals surface area contributed by atoms with Gasteiger partial charge in [-0.25, -0.2) is 13.2 Å². The molecule has 0 spiro atoms. The summed E-state index contributed by atoms with van der Waals surface area (Å²) in [4.78, 5) is 22.4. The first-order valence-corrected chi connectivity index (χ1v) is 7.99. The van der Waals surface area contributed by atoms with Crippen LogP contribution in [0.4, 0.5) is 0 Å². The van der Waals surface area contributed by atoms with Crippen molar-refractivity contribution in [1.29, 1.82) is 0 Å². The summed E-state index contributed by atoms with van der Waals surface area (Å²) in [6.07, 6.45) is 0.113. The normalized spacial score (nSPS) is 33.2. The van der Waals surface area contributed by atoms with E-state index in [1.807, 2.05) is 0 Å². The first kappa shape index (κ1) is 14.3. The summed E-state index contributed by atoms with van der Waals surface area (Å²) in [5, 5.41) is 10.8. The molecule has 3 unspecified atom stereocenters. The molecule has 8 heteroatoms. The third-order valence-corrected chi connectivity index (χ3v) is 5.83. The van der Waals surface area contributed by atoms with Gasteiger partial charge in [-0.2, -0.15) is 0 Å². The minimum atomic E-state index is -3.08. The van der Waals surface area contributed by atoms with Crippen molar-refractivity contribution < 1.29 is 27.9 Å². The van der Waals surface area contributed by atoms with Crippen LogP contribution in [-0.2, 0) is 24.2 Å². The molecule has 3 atom stereocenters. The molecule has 0 aromatic rings. The number of rotatable bonds is 4. The number of sulfone groups is 1. The Morgan fingerprint density at radius 2 is 1.89 bits per heavy atom. The maximum absolute atomic E-state index is 11.8. The molecule has 2 fully saturated rings. The highest BCUT2D eigenvalue weighted by Crippen LogP contribution is 2.21. The fraction of sp³-hybridized carbons (Fsp3) is 0.818. The summed E-state index contributed by atoms with van der Waals surface area (Å²) >= 11 is 0. The lowest BCUT2D eigenvalue weighted by Gasteiger charge is -2.14. The zero-order chi connectivity index (χ0) is 14.0. The van der Waals surface area contributed by atoms with Crippen molar-refractivity contribution in [1.82, 2.24) is 5.32 Å². The zero-order valence-corrected chi connectivity index (χ0v) is 11.2. The number of carboxylic acid groups (broad SMARTS) is 1. The van der Waals surface area contributed by atoms with Crippen molar-refractivity contribution in [3.05, 3.63) is 0 Å². The molecule has 19 heavy (non-hydrogen) atoms. The third-order valence-electron chi connectivity index (χ3n) is 3.55. The molecule has 0 aromatic carbocycles. The van der Waals surface area contributed by atoms with Gasteiger partial charge >= 0.3 is 5.97 Å². The lowest BCUT2D eigenvalue weighted by atomic mass is 10.2. The van der Waals surface area contributed by atoms with Crippen LogP contribution in [0.2, 0.25) is 0 Å². The molecule has 2 heterocycles. The van der Waals surface area contributed by atoms with Crippen LogP contribution in [0.5, 0.6) is 0 Å². The quantitative estimate of drug-likeness (QED) is 0.709. The molecule has 0 radical (unpaired) electrons. The van der Waals surface area contributed by atoms with Gasteiger partial charge in [-0.3, -0.25) is 4.79 Å². The van der Waals surface area contributed by atoms with Crippen molar-refractivity contribution >= 4 is 21.7 Å². The van der Waals surface area contributed by atoms with Crippen molar-refractivity contribution in [3.8, 4) is 0 Å². The maximum atomic E-state index is 11.8. The Bertz CT molecular complexity index is 474. The predicted octanol–water partition coefficient (Wildman–Crippen LogP) is -0.688. The number of ether oxygens (including phenoxy) is 1. The molecule has 108 valence electrons. The van der Waals surface area contributed by atoms with Gasteiger partial charge in [-0.15, -0.1) is 0 Å². The summed E-state index contributed by atoms with van der Waals surface area (Å²) in [6, 6.07) is 0. The zero-order valence-electron chi connectivity index (χ0n) is 10.4. The fourth-order valence-corrected chi connectivity index (χ4v) is 4.19. The van der Waals surface area contributed by atoms with E-state index in [2.05, 4.69) is 5.32 Å². The van der Waals surface area contributed by atoms with Gasteiger partial charge in [0.2, 0.25) is 5.91 Å². The molecule has 2 rings (SSSR count). The highest BCUT2D eigenvalue weighted by Gasteiger charge is 2.36. The van der Waals surface area contributed by atoms with Crippen LogP contribution in [0.15, 0.2) is 0 Å². The molecule has 1 amide bonds. The molecule has 2 aliphatic rings. The van der Waals surface area contributed by atoms with Gasteiger partial charge in [0.1, 0.15) is 6.10 Å². The first-order valence-electron chi connectivity index (χ1n) is 6.27. The van der Waals surface area contributed by atoms with Gasteiger partial charge in [-0.1, -0.05) is 0 Å². The first-order chi connectivity index (χ1) is 8.90. The molecule has 2 N–H and O–H groups in total. The fourth-order valence-electron chi connectivity index (χ4n) is 2.43. The highest BCUT2D eigenvalue weighted by atomic mass is 32.2. The Hall–Kier alpha value is -1.15. The molecular formula is C11H17NO6S. The van der Waals surface area contributed by atoms with Crippen LogP contribution in [0.25, 0.3) is 0 Å². The van der Waals surface area contributed by atoms with E-state index in [1.54, 1.807) is 0 Å². The van der Waals surface area contributed by atoms with Crippen molar-refractivity contribution in [2.24, 2.45) is 0 Å². The second kappa shape index (κ2) is 5.46. The molecule has 0 aliphatic carbocycles. The molecule has 7 nitrogen and oxygen atoms in total. The Morgan fingerprint density at radius 1 is 1.21 bits per heavy atom. The van der Waals surface area contributed by atoms with Crippen LogP contribution in [0.1, 0.15) is 25.7 Å². The maximum Gasteiger partial charge on any atom is 0.332 e. The number of hydrogen-bond acceptors (Lipinski definition) is 5. The van der Waals surface area contributed by atoms with E-state index in [-0.39, 0.29) is 12.3 Å². The number of carbonyl (C=O) groups is 2. The number of carboxylic acids is 1. The summed E-state index contributed by atoms with van der Waals surface area (Å²) in [7, 11) is -3.08. The molecule has 2 aliphatic heterocycles. The Kier molecular flexibility index (Phi) is 4.10. The van der Waals surface area contributed by atoms with Gasteiger partial charge in [0.15, 0.2) is 15.9 Å². The molecular weight excluding hydrogens is 274 g/mol. The molecule has 2 saturated heterocycles. The number of aliphatic carboxylic acids is 1. The van der Waals surface area contributed by atoms with E-state index in [0.29, 0.717) is 25.7 Å². The largest absolute Gasteiger partial charge is 0.479 e. The van der Waals surface area contributed by atoms with Crippen molar-refractivity contribution in [2.75, 3.05) is 12.3 Å². The molecule has 0 bridgehead atoms. The average Bonchev–Trinajstić information content (AvgIpc) is 2.92. The summed E-state index contributed by atoms with van der Waals surface area (Å²) < 4.78 is 28.2. The third kappa shape index (κ3) is 3.24. The van der Waals surface area contributed by atoms with E-state index in [4.69, 9.17) is 9.84 Å². The van der Waals surface area contributed by atoms with Crippen LogP contribution in [0.3, 0.4) is 0 Å². The average molecular weight is 291 g/mol. The van der Waals surface area contributed by atoms with Crippen LogP contribution in [0, 0.1) is 0 Å². The topological polar surface area (TPSA) is 110 Å². The van der Waals surface area contributed by atoms with Gasteiger partial charge in [0, 0.05) is 6.54 Å². The number of amides is 1. The van der Waals surface area contributed by atoms with Gasteiger partial charge in [0.05, 0.1) is 11.0 Å². The summed E-state index contributed by atoms with van der Waals surface area (Å²) in [5.74, 6) is -1.33. The molecule has 0 aromatic heterocycles. The minimum absolute atomic E-state index is 0.0821. The van der Waals surface area contributed by atoms with Gasteiger partial charge in [-0.05, 0) is 25.7 Å². The van der Waals surface area contributed by atoms with E-state index in [0.717, 1.165) is 0 Å². The monoisotopic (exact) mass is 291 g/mol. The summed E-state index contributed by atoms with van der Waals surface area (Å²) in [6.45, 7) is 0.0821.